The Hall–Kier alpha value is -1.98. The number of nitrogens with zero attached hydrogens (tertiary/aromatic N) is 3. The summed E-state index contributed by atoms with van der Waals surface area (Å²) in [6, 6.07) is 1.93. The predicted octanol–water partition coefficient (Wildman–Crippen LogP) is 2.66. The summed E-state index contributed by atoms with van der Waals surface area (Å²) in [6.45, 7) is 8.13. The summed E-state index contributed by atoms with van der Waals surface area (Å²) in [4.78, 5) is 19.3. The maximum absolute atomic E-state index is 11.5. The topological polar surface area (TPSA) is 82.7 Å². The van der Waals surface area contributed by atoms with Gasteiger partial charge in [-0.3, -0.25) is 4.98 Å². The average molecular weight is 306 g/mol. The van der Waals surface area contributed by atoms with Gasteiger partial charge in [0.05, 0.1) is 17.6 Å². The molecule has 1 aromatic heterocycles. The molecule has 1 saturated heterocycles. The first kappa shape index (κ1) is 16.4. The van der Waals surface area contributed by atoms with Crippen molar-refractivity contribution in [3.05, 3.63) is 18.5 Å². The summed E-state index contributed by atoms with van der Waals surface area (Å²) in [5, 5.41) is 9.45. The Labute approximate surface area is 131 Å². The molecule has 1 unspecified atom stereocenters. The van der Waals surface area contributed by atoms with E-state index in [-0.39, 0.29) is 5.54 Å². The summed E-state index contributed by atoms with van der Waals surface area (Å²) < 4.78 is 0. The Kier molecular flexibility index (Phi) is 4.78. The number of aromatic nitrogens is 1. The van der Waals surface area contributed by atoms with Crippen LogP contribution < -0.4 is 10.6 Å². The molecule has 1 atom stereocenters. The van der Waals surface area contributed by atoms with Crippen LogP contribution in [0.4, 0.5) is 16.2 Å². The van der Waals surface area contributed by atoms with Crippen LogP contribution in [-0.2, 0) is 0 Å². The van der Waals surface area contributed by atoms with E-state index in [4.69, 9.17) is 5.73 Å². The second kappa shape index (κ2) is 6.42. The van der Waals surface area contributed by atoms with Crippen LogP contribution in [-0.4, -0.2) is 46.3 Å². The van der Waals surface area contributed by atoms with Crippen molar-refractivity contribution in [1.82, 2.24) is 9.88 Å². The highest BCUT2D eigenvalue weighted by atomic mass is 16.4. The van der Waals surface area contributed by atoms with Crippen molar-refractivity contribution < 1.29 is 9.90 Å². The lowest BCUT2D eigenvalue weighted by Gasteiger charge is -2.40. The van der Waals surface area contributed by atoms with E-state index in [1.54, 1.807) is 12.4 Å². The Morgan fingerprint density at radius 2 is 2.27 bits per heavy atom. The van der Waals surface area contributed by atoms with E-state index in [9.17, 15) is 9.90 Å². The van der Waals surface area contributed by atoms with Crippen molar-refractivity contribution >= 4 is 17.5 Å². The number of pyridine rings is 1. The fraction of sp³-hybridized carbons (Fsp3) is 0.625. The molecule has 0 aliphatic carbocycles. The number of hydrogen-bond donors (Lipinski definition) is 2. The maximum Gasteiger partial charge on any atom is 0.407 e. The Balaban J connectivity index is 2.08. The van der Waals surface area contributed by atoms with Gasteiger partial charge < -0.3 is 20.6 Å². The standard InChI is InChI=1S/C16H26N4O2/c1-16(2,3)20(15(21)22)11-12-5-4-8-19(10-12)14-6-7-18-9-13(14)17/h6-7,9,12H,4-5,8,10-11,17H2,1-3H3,(H,21,22). The van der Waals surface area contributed by atoms with Gasteiger partial charge in [-0.1, -0.05) is 0 Å². The minimum Gasteiger partial charge on any atom is -0.465 e. The van der Waals surface area contributed by atoms with Crippen LogP contribution in [0.2, 0.25) is 0 Å². The minimum atomic E-state index is -0.854. The molecule has 3 N–H and O–H groups in total. The molecule has 6 nitrogen and oxygen atoms in total. The Morgan fingerprint density at radius 3 is 2.86 bits per heavy atom. The van der Waals surface area contributed by atoms with Crippen molar-refractivity contribution in [1.29, 1.82) is 0 Å². The highest BCUT2D eigenvalue weighted by molar-refractivity contribution is 5.67. The highest BCUT2D eigenvalue weighted by Crippen LogP contribution is 2.28. The summed E-state index contributed by atoms with van der Waals surface area (Å²) in [7, 11) is 0. The van der Waals surface area contributed by atoms with Crippen LogP contribution in [0, 0.1) is 5.92 Å². The summed E-state index contributed by atoms with van der Waals surface area (Å²) >= 11 is 0. The molecule has 22 heavy (non-hydrogen) atoms. The van der Waals surface area contributed by atoms with E-state index >= 15 is 0 Å². The van der Waals surface area contributed by atoms with Gasteiger partial charge in [0.2, 0.25) is 0 Å². The summed E-state index contributed by atoms with van der Waals surface area (Å²) in [5.41, 5.74) is 7.29. The first-order valence-corrected chi connectivity index (χ1v) is 7.74. The molecule has 1 fully saturated rings. The number of rotatable bonds is 3. The quantitative estimate of drug-likeness (QED) is 0.897. The first-order valence-electron chi connectivity index (χ1n) is 7.74. The molecule has 0 radical (unpaired) electrons. The van der Waals surface area contributed by atoms with Gasteiger partial charge in [-0.2, -0.15) is 0 Å². The number of carbonyl (C=O) groups is 1. The van der Waals surface area contributed by atoms with Crippen LogP contribution in [0.1, 0.15) is 33.6 Å². The molecule has 6 heteroatoms. The van der Waals surface area contributed by atoms with Crippen LogP contribution >= 0.6 is 0 Å². The number of anilines is 2. The van der Waals surface area contributed by atoms with Gasteiger partial charge in [-0.05, 0) is 45.6 Å². The number of piperidine rings is 1. The lowest BCUT2D eigenvalue weighted by molar-refractivity contribution is 0.0864. The van der Waals surface area contributed by atoms with Gasteiger partial charge in [0.1, 0.15) is 0 Å². The van der Waals surface area contributed by atoms with E-state index in [1.165, 1.54) is 4.90 Å². The van der Waals surface area contributed by atoms with Gasteiger partial charge in [0.15, 0.2) is 0 Å². The lowest BCUT2D eigenvalue weighted by Crippen LogP contribution is -2.50. The molecule has 122 valence electrons. The van der Waals surface area contributed by atoms with Crippen LogP contribution in [0.5, 0.6) is 0 Å². The largest absolute Gasteiger partial charge is 0.465 e. The SMILES string of the molecule is CC(C)(C)N(CC1CCCN(c2ccncc2N)C1)C(=O)O. The van der Waals surface area contributed by atoms with Gasteiger partial charge in [0.25, 0.3) is 0 Å². The predicted molar refractivity (Wildman–Crippen MR) is 88.1 cm³/mol. The molecule has 0 spiro atoms. The van der Waals surface area contributed by atoms with Crippen LogP contribution in [0.15, 0.2) is 18.5 Å². The van der Waals surface area contributed by atoms with Crippen molar-refractivity contribution in [2.24, 2.45) is 5.92 Å². The molecular formula is C16H26N4O2. The average Bonchev–Trinajstić information content (AvgIpc) is 2.44. The first-order chi connectivity index (χ1) is 10.3. The molecule has 1 amide bonds. The zero-order valence-electron chi connectivity index (χ0n) is 13.6. The smallest absolute Gasteiger partial charge is 0.407 e. The zero-order chi connectivity index (χ0) is 16.3. The van der Waals surface area contributed by atoms with E-state index in [0.29, 0.717) is 18.2 Å². The Bertz CT molecular complexity index is 527. The monoisotopic (exact) mass is 306 g/mol. The lowest BCUT2D eigenvalue weighted by atomic mass is 9.95. The van der Waals surface area contributed by atoms with Crippen LogP contribution in [0.3, 0.4) is 0 Å². The number of amides is 1. The maximum atomic E-state index is 11.5. The van der Waals surface area contributed by atoms with E-state index in [2.05, 4.69) is 9.88 Å². The molecule has 2 rings (SSSR count). The molecule has 0 bridgehead atoms. The van der Waals surface area contributed by atoms with Crippen molar-refractivity contribution in [3.8, 4) is 0 Å². The van der Waals surface area contributed by atoms with E-state index < -0.39 is 6.09 Å². The van der Waals surface area contributed by atoms with Crippen LogP contribution in [0.25, 0.3) is 0 Å². The van der Waals surface area contributed by atoms with Gasteiger partial charge >= 0.3 is 6.09 Å². The molecule has 1 aliphatic rings. The number of nitrogen functional groups attached to an aromatic ring is 1. The van der Waals surface area contributed by atoms with E-state index in [0.717, 1.165) is 31.6 Å². The van der Waals surface area contributed by atoms with Gasteiger partial charge in [0, 0.05) is 31.4 Å². The molecule has 0 aromatic carbocycles. The molecule has 1 aliphatic heterocycles. The minimum absolute atomic E-state index is 0.316. The second-order valence-electron chi connectivity index (χ2n) is 6.95. The fourth-order valence-corrected chi connectivity index (χ4v) is 3.02. The molecular weight excluding hydrogens is 280 g/mol. The number of carboxylic acid groups (broad SMARTS) is 1. The second-order valence-corrected chi connectivity index (χ2v) is 6.95. The summed E-state index contributed by atoms with van der Waals surface area (Å²) in [5.74, 6) is 0.316. The highest BCUT2D eigenvalue weighted by Gasteiger charge is 2.31. The number of hydrogen-bond acceptors (Lipinski definition) is 4. The molecule has 0 saturated carbocycles. The fourth-order valence-electron chi connectivity index (χ4n) is 3.02. The van der Waals surface area contributed by atoms with Crippen molar-refractivity contribution in [2.45, 2.75) is 39.2 Å². The van der Waals surface area contributed by atoms with Crippen molar-refractivity contribution in [2.75, 3.05) is 30.3 Å². The van der Waals surface area contributed by atoms with Crippen molar-refractivity contribution in [3.63, 3.8) is 0 Å². The third-order valence-electron chi connectivity index (χ3n) is 4.17. The van der Waals surface area contributed by atoms with E-state index in [1.807, 2.05) is 26.8 Å². The third kappa shape index (κ3) is 3.81. The van der Waals surface area contributed by atoms with Gasteiger partial charge in [-0.15, -0.1) is 0 Å². The molecule has 2 heterocycles. The number of nitrogens with two attached hydrogens (primary N) is 1. The Morgan fingerprint density at radius 1 is 1.55 bits per heavy atom. The zero-order valence-corrected chi connectivity index (χ0v) is 13.6. The summed E-state index contributed by atoms with van der Waals surface area (Å²) in [6.07, 6.45) is 4.64. The molecule has 1 aromatic rings. The normalized spacial score (nSPS) is 19.0. The third-order valence-corrected chi connectivity index (χ3v) is 4.17. The van der Waals surface area contributed by atoms with Gasteiger partial charge in [-0.25, -0.2) is 4.79 Å².